The average Bonchev–Trinajstić information content (AvgIpc) is 2.84. The van der Waals surface area contributed by atoms with Crippen LogP contribution < -0.4 is 14.9 Å². The number of para-hydroxylation sites is 1. The molecule has 0 spiro atoms. The van der Waals surface area contributed by atoms with Crippen LogP contribution in [0.2, 0.25) is 5.02 Å². The Kier molecular flexibility index (Phi) is 9.80. The van der Waals surface area contributed by atoms with Crippen molar-refractivity contribution < 1.29 is 14.3 Å². The molecule has 1 N–H and O–H groups in total. The fraction of sp³-hybridized carbons (Fsp3) is 0.259. The van der Waals surface area contributed by atoms with Gasteiger partial charge in [0, 0.05) is 16.1 Å². The Morgan fingerprint density at radius 3 is 2.45 bits per heavy atom. The van der Waals surface area contributed by atoms with E-state index in [1.54, 1.807) is 30.5 Å². The number of nitrogens with zero attached hydrogens (tertiary/aromatic N) is 1. The van der Waals surface area contributed by atoms with Crippen molar-refractivity contribution in [2.45, 2.75) is 39.2 Å². The Morgan fingerprint density at radius 1 is 0.939 bits per heavy atom. The monoisotopic (exact) mass is 464 g/mol. The number of amides is 1. The molecule has 172 valence electrons. The first-order valence-corrected chi connectivity index (χ1v) is 11.6. The van der Waals surface area contributed by atoms with Crippen LogP contribution in [-0.4, -0.2) is 18.7 Å². The topological polar surface area (TPSA) is 59.9 Å². The van der Waals surface area contributed by atoms with Gasteiger partial charge in [0.05, 0.1) is 12.8 Å². The molecule has 0 atom stereocenters. The number of halogens is 1. The lowest BCUT2D eigenvalue weighted by molar-refractivity contribution is 0.0955. The Morgan fingerprint density at radius 2 is 1.70 bits per heavy atom. The Labute approximate surface area is 200 Å². The zero-order chi connectivity index (χ0) is 23.3. The van der Waals surface area contributed by atoms with Gasteiger partial charge in [0.2, 0.25) is 0 Å². The standard InChI is InChI=1S/C27H29ClN2O3/c1-2-3-4-7-18-32-26-9-6-5-8-23(26)19-29-30-27(31)22-12-16-25(17-13-22)33-20-21-10-14-24(28)15-11-21/h5-6,8-17,19H,2-4,7,18,20H2,1H3,(H,30,31)/b29-19+. The first-order chi connectivity index (χ1) is 16.2. The van der Waals surface area contributed by atoms with Crippen molar-refractivity contribution in [2.24, 2.45) is 5.10 Å². The molecule has 3 aromatic rings. The number of unbranched alkanes of at least 4 members (excludes halogenated alkanes) is 3. The van der Waals surface area contributed by atoms with Crippen LogP contribution in [0.3, 0.4) is 0 Å². The second-order valence-electron chi connectivity index (χ2n) is 7.59. The van der Waals surface area contributed by atoms with Gasteiger partial charge in [0.15, 0.2) is 0 Å². The first kappa shape index (κ1) is 24.3. The second-order valence-corrected chi connectivity index (χ2v) is 8.02. The largest absolute Gasteiger partial charge is 0.493 e. The average molecular weight is 465 g/mol. The van der Waals surface area contributed by atoms with Crippen molar-refractivity contribution in [1.29, 1.82) is 0 Å². The molecule has 0 aliphatic rings. The van der Waals surface area contributed by atoms with E-state index in [-0.39, 0.29) is 5.91 Å². The van der Waals surface area contributed by atoms with Crippen LogP contribution in [0.1, 0.15) is 54.1 Å². The highest BCUT2D eigenvalue weighted by Crippen LogP contribution is 2.17. The van der Waals surface area contributed by atoms with Gasteiger partial charge in [-0.2, -0.15) is 5.10 Å². The molecule has 0 unspecified atom stereocenters. The van der Waals surface area contributed by atoms with Gasteiger partial charge in [-0.3, -0.25) is 4.79 Å². The quantitative estimate of drug-likeness (QED) is 0.185. The van der Waals surface area contributed by atoms with Gasteiger partial charge >= 0.3 is 0 Å². The van der Waals surface area contributed by atoms with Crippen LogP contribution in [0.25, 0.3) is 0 Å². The summed E-state index contributed by atoms with van der Waals surface area (Å²) in [7, 11) is 0. The summed E-state index contributed by atoms with van der Waals surface area (Å²) in [5.41, 5.74) is 4.89. The van der Waals surface area contributed by atoms with E-state index in [0.29, 0.717) is 29.5 Å². The Hall–Kier alpha value is -3.31. The van der Waals surface area contributed by atoms with E-state index in [4.69, 9.17) is 21.1 Å². The lowest BCUT2D eigenvalue weighted by atomic mass is 10.2. The molecular weight excluding hydrogens is 436 g/mol. The van der Waals surface area contributed by atoms with E-state index in [1.165, 1.54) is 12.8 Å². The van der Waals surface area contributed by atoms with Gasteiger partial charge in [0.25, 0.3) is 5.91 Å². The number of rotatable bonds is 12. The molecule has 0 saturated carbocycles. The van der Waals surface area contributed by atoms with Gasteiger partial charge in [0.1, 0.15) is 18.1 Å². The van der Waals surface area contributed by atoms with Crippen molar-refractivity contribution >= 4 is 23.7 Å². The summed E-state index contributed by atoms with van der Waals surface area (Å²) in [5.74, 6) is 1.14. The van der Waals surface area contributed by atoms with E-state index >= 15 is 0 Å². The minimum absolute atomic E-state index is 0.298. The van der Waals surface area contributed by atoms with E-state index in [9.17, 15) is 4.79 Å². The minimum Gasteiger partial charge on any atom is -0.493 e. The van der Waals surface area contributed by atoms with Gasteiger partial charge < -0.3 is 9.47 Å². The first-order valence-electron chi connectivity index (χ1n) is 11.2. The molecule has 0 aliphatic heterocycles. The molecule has 33 heavy (non-hydrogen) atoms. The molecule has 6 heteroatoms. The molecule has 5 nitrogen and oxygen atoms in total. The highest BCUT2D eigenvalue weighted by atomic mass is 35.5. The molecule has 0 radical (unpaired) electrons. The lowest BCUT2D eigenvalue weighted by Crippen LogP contribution is -2.17. The van der Waals surface area contributed by atoms with Crippen LogP contribution >= 0.6 is 11.6 Å². The fourth-order valence-electron chi connectivity index (χ4n) is 3.10. The maximum Gasteiger partial charge on any atom is 0.271 e. The van der Waals surface area contributed by atoms with E-state index < -0.39 is 0 Å². The Balaban J connectivity index is 1.48. The highest BCUT2D eigenvalue weighted by Gasteiger charge is 2.06. The molecule has 3 aromatic carbocycles. The molecular formula is C27H29ClN2O3. The second kappa shape index (κ2) is 13.3. The SMILES string of the molecule is CCCCCCOc1ccccc1/C=N/NC(=O)c1ccc(OCc2ccc(Cl)cc2)cc1. The predicted octanol–water partition coefficient (Wildman–Crippen LogP) is 6.64. The van der Waals surface area contributed by atoms with Crippen LogP contribution in [0.4, 0.5) is 0 Å². The predicted molar refractivity (Wildman–Crippen MR) is 133 cm³/mol. The summed E-state index contributed by atoms with van der Waals surface area (Å²) < 4.78 is 11.6. The van der Waals surface area contributed by atoms with Crippen LogP contribution in [-0.2, 0) is 6.61 Å². The highest BCUT2D eigenvalue weighted by molar-refractivity contribution is 6.30. The number of hydrogen-bond acceptors (Lipinski definition) is 4. The third-order valence-corrected chi connectivity index (χ3v) is 5.23. The van der Waals surface area contributed by atoms with Crippen molar-refractivity contribution in [2.75, 3.05) is 6.61 Å². The molecule has 0 heterocycles. The van der Waals surface area contributed by atoms with Crippen molar-refractivity contribution in [3.63, 3.8) is 0 Å². The Bertz CT molecular complexity index is 1030. The zero-order valence-electron chi connectivity index (χ0n) is 18.8. The van der Waals surface area contributed by atoms with Gasteiger partial charge in [-0.05, 0) is 60.5 Å². The molecule has 0 aromatic heterocycles. The van der Waals surface area contributed by atoms with Crippen LogP contribution in [0, 0.1) is 0 Å². The summed E-state index contributed by atoms with van der Waals surface area (Å²) in [4.78, 5) is 12.4. The smallest absolute Gasteiger partial charge is 0.271 e. The van der Waals surface area contributed by atoms with Crippen molar-refractivity contribution in [3.8, 4) is 11.5 Å². The van der Waals surface area contributed by atoms with Gasteiger partial charge in [-0.25, -0.2) is 5.43 Å². The third kappa shape index (κ3) is 8.28. The molecule has 0 fully saturated rings. The van der Waals surface area contributed by atoms with Crippen LogP contribution in [0.5, 0.6) is 11.5 Å². The fourth-order valence-corrected chi connectivity index (χ4v) is 3.23. The number of carbonyl (C=O) groups is 1. The maximum absolute atomic E-state index is 12.4. The summed E-state index contributed by atoms with van der Waals surface area (Å²) in [6, 6.07) is 22.1. The third-order valence-electron chi connectivity index (χ3n) is 4.98. The molecule has 1 amide bonds. The van der Waals surface area contributed by atoms with Crippen molar-refractivity contribution in [3.05, 3.63) is 94.5 Å². The summed E-state index contributed by atoms with van der Waals surface area (Å²) in [6.07, 6.45) is 6.20. The summed E-state index contributed by atoms with van der Waals surface area (Å²) in [5, 5.41) is 4.79. The van der Waals surface area contributed by atoms with E-state index in [1.807, 2.05) is 48.5 Å². The van der Waals surface area contributed by atoms with E-state index in [0.717, 1.165) is 29.7 Å². The summed E-state index contributed by atoms with van der Waals surface area (Å²) in [6.45, 7) is 3.28. The van der Waals surface area contributed by atoms with Gasteiger partial charge in [-0.1, -0.05) is 62.1 Å². The number of hydrazone groups is 1. The van der Waals surface area contributed by atoms with Crippen molar-refractivity contribution in [1.82, 2.24) is 5.43 Å². The number of carbonyl (C=O) groups excluding carboxylic acids is 1. The normalized spacial score (nSPS) is 10.8. The molecule has 3 rings (SSSR count). The lowest BCUT2D eigenvalue weighted by Gasteiger charge is -2.09. The summed E-state index contributed by atoms with van der Waals surface area (Å²) >= 11 is 5.89. The zero-order valence-corrected chi connectivity index (χ0v) is 19.6. The van der Waals surface area contributed by atoms with E-state index in [2.05, 4.69) is 17.5 Å². The molecule has 0 aliphatic carbocycles. The molecule has 0 bridgehead atoms. The van der Waals surface area contributed by atoms with Crippen LogP contribution in [0.15, 0.2) is 77.9 Å². The number of benzene rings is 3. The maximum atomic E-state index is 12.4. The number of hydrogen-bond donors (Lipinski definition) is 1. The number of nitrogens with one attached hydrogen (secondary N) is 1. The molecule has 0 saturated heterocycles. The van der Waals surface area contributed by atoms with Gasteiger partial charge in [-0.15, -0.1) is 0 Å². The minimum atomic E-state index is -0.298. The number of ether oxygens (including phenoxy) is 2.